The number of aryl methyl sites for hydroxylation is 2. The van der Waals surface area contributed by atoms with Crippen LogP contribution in [0.15, 0.2) is 22.9 Å². The summed E-state index contributed by atoms with van der Waals surface area (Å²) in [5.74, 6) is 0.307. The molecule has 0 bridgehead atoms. The van der Waals surface area contributed by atoms with E-state index in [0.717, 1.165) is 15.7 Å². The number of carbonyl (C=O) groups excluding carboxylic acids is 1. The maximum Gasteiger partial charge on any atom is 0.260 e. The second kappa shape index (κ2) is 4.67. The number of hydrogen-bond donors (Lipinski definition) is 2. The van der Waals surface area contributed by atoms with Crippen molar-refractivity contribution in [3.05, 3.63) is 39.8 Å². The molecule has 0 radical (unpaired) electrons. The summed E-state index contributed by atoms with van der Waals surface area (Å²) in [6.45, 7) is 3.73. The molecule has 0 fully saturated rings. The number of amides is 1. The number of carbonyl (C=O) groups is 1. The topological polar surface area (TPSA) is 70.7 Å². The van der Waals surface area contributed by atoms with Gasteiger partial charge in [-0.25, -0.2) is 4.98 Å². The molecule has 88 valence electrons. The standard InChI is InChI=1S/C11H11BrN4O/c1-6-3-10(13-5-9(6)12)15-11(17)8-4-14-16-7(8)2/h3-5H,1-2H3,(H,14,16)(H,13,15,17). The van der Waals surface area contributed by atoms with Crippen molar-refractivity contribution in [1.29, 1.82) is 0 Å². The van der Waals surface area contributed by atoms with Crippen LogP contribution in [0.4, 0.5) is 5.82 Å². The minimum absolute atomic E-state index is 0.217. The summed E-state index contributed by atoms with van der Waals surface area (Å²) >= 11 is 3.36. The number of aromatic amines is 1. The molecule has 0 unspecified atom stereocenters. The van der Waals surface area contributed by atoms with E-state index in [4.69, 9.17) is 0 Å². The smallest absolute Gasteiger partial charge is 0.260 e. The van der Waals surface area contributed by atoms with Crippen LogP contribution in [0.2, 0.25) is 0 Å². The van der Waals surface area contributed by atoms with Gasteiger partial charge in [-0.15, -0.1) is 0 Å². The van der Waals surface area contributed by atoms with E-state index in [-0.39, 0.29) is 5.91 Å². The molecule has 17 heavy (non-hydrogen) atoms. The molecule has 0 saturated carbocycles. The van der Waals surface area contributed by atoms with E-state index >= 15 is 0 Å². The Balaban J connectivity index is 2.19. The maximum absolute atomic E-state index is 11.9. The van der Waals surface area contributed by atoms with Gasteiger partial charge in [-0.3, -0.25) is 9.89 Å². The molecule has 0 aliphatic rings. The first-order valence-electron chi connectivity index (χ1n) is 5.01. The van der Waals surface area contributed by atoms with Gasteiger partial charge in [-0.2, -0.15) is 5.10 Å². The van der Waals surface area contributed by atoms with Gasteiger partial charge in [0.2, 0.25) is 0 Å². The van der Waals surface area contributed by atoms with Gasteiger partial charge in [0.15, 0.2) is 0 Å². The molecule has 5 nitrogen and oxygen atoms in total. The fourth-order valence-corrected chi connectivity index (χ4v) is 1.59. The lowest BCUT2D eigenvalue weighted by atomic mass is 10.2. The summed E-state index contributed by atoms with van der Waals surface area (Å²) < 4.78 is 0.912. The number of hydrogen-bond acceptors (Lipinski definition) is 3. The lowest BCUT2D eigenvalue weighted by Crippen LogP contribution is -2.13. The van der Waals surface area contributed by atoms with Gasteiger partial charge in [0, 0.05) is 16.4 Å². The van der Waals surface area contributed by atoms with Gasteiger partial charge in [-0.05, 0) is 41.4 Å². The van der Waals surface area contributed by atoms with Gasteiger partial charge in [0.05, 0.1) is 11.8 Å². The Bertz CT molecular complexity index is 564. The summed E-state index contributed by atoms with van der Waals surface area (Å²) in [6.07, 6.45) is 3.16. The second-order valence-corrected chi connectivity index (χ2v) is 4.54. The SMILES string of the molecule is Cc1cc(NC(=O)c2cn[nH]c2C)ncc1Br. The van der Waals surface area contributed by atoms with E-state index in [1.54, 1.807) is 19.2 Å². The van der Waals surface area contributed by atoms with Crippen molar-refractivity contribution < 1.29 is 4.79 Å². The zero-order valence-corrected chi connectivity index (χ0v) is 11.0. The van der Waals surface area contributed by atoms with Crippen molar-refractivity contribution in [2.24, 2.45) is 0 Å². The van der Waals surface area contributed by atoms with Gasteiger partial charge in [0.25, 0.3) is 5.91 Å². The number of anilines is 1. The number of nitrogens with zero attached hydrogens (tertiary/aromatic N) is 2. The molecule has 2 N–H and O–H groups in total. The summed E-state index contributed by atoms with van der Waals surface area (Å²) in [7, 11) is 0. The number of H-pyrrole nitrogens is 1. The number of nitrogens with one attached hydrogen (secondary N) is 2. The third-order valence-corrected chi connectivity index (χ3v) is 3.19. The Morgan fingerprint density at radius 1 is 1.41 bits per heavy atom. The Morgan fingerprint density at radius 3 is 2.76 bits per heavy atom. The minimum Gasteiger partial charge on any atom is -0.306 e. The highest BCUT2D eigenvalue weighted by Crippen LogP contribution is 2.17. The number of rotatable bonds is 2. The molecule has 6 heteroatoms. The second-order valence-electron chi connectivity index (χ2n) is 3.68. The molecule has 2 rings (SSSR count). The maximum atomic E-state index is 11.9. The largest absolute Gasteiger partial charge is 0.306 e. The van der Waals surface area contributed by atoms with E-state index in [0.29, 0.717) is 11.4 Å². The molecule has 0 aliphatic heterocycles. The molecule has 0 spiro atoms. The first-order valence-corrected chi connectivity index (χ1v) is 5.80. The first kappa shape index (κ1) is 11.8. The molecule has 2 aromatic rings. The molecule has 2 heterocycles. The highest BCUT2D eigenvalue weighted by Gasteiger charge is 2.11. The molecular weight excluding hydrogens is 284 g/mol. The predicted octanol–water partition coefficient (Wildman–Crippen LogP) is 2.44. The number of halogens is 1. The van der Waals surface area contributed by atoms with Gasteiger partial charge in [0.1, 0.15) is 5.82 Å². The van der Waals surface area contributed by atoms with E-state index < -0.39 is 0 Å². The Hall–Kier alpha value is -1.69. The monoisotopic (exact) mass is 294 g/mol. The summed E-state index contributed by atoms with van der Waals surface area (Å²) in [4.78, 5) is 16.0. The van der Waals surface area contributed by atoms with Crippen LogP contribution in [0.25, 0.3) is 0 Å². The fraction of sp³-hybridized carbons (Fsp3) is 0.182. The van der Waals surface area contributed by atoms with Crippen LogP contribution in [0.1, 0.15) is 21.6 Å². The van der Waals surface area contributed by atoms with Gasteiger partial charge in [-0.1, -0.05) is 0 Å². The minimum atomic E-state index is -0.217. The Morgan fingerprint density at radius 2 is 2.18 bits per heavy atom. The van der Waals surface area contributed by atoms with Crippen LogP contribution in [0.5, 0.6) is 0 Å². The highest BCUT2D eigenvalue weighted by molar-refractivity contribution is 9.10. The Kier molecular flexibility index (Phi) is 3.23. The third-order valence-electron chi connectivity index (χ3n) is 2.36. The van der Waals surface area contributed by atoms with Gasteiger partial charge < -0.3 is 5.32 Å². The van der Waals surface area contributed by atoms with Crippen LogP contribution in [0, 0.1) is 13.8 Å². The van der Waals surface area contributed by atoms with E-state index in [1.165, 1.54) is 6.20 Å². The number of pyridine rings is 1. The lowest BCUT2D eigenvalue weighted by Gasteiger charge is -2.05. The quantitative estimate of drug-likeness (QED) is 0.894. The molecule has 2 aromatic heterocycles. The summed E-state index contributed by atoms with van der Waals surface area (Å²) in [5, 5.41) is 9.24. The van der Waals surface area contributed by atoms with Crippen molar-refractivity contribution in [2.75, 3.05) is 5.32 Å². The average Bonchev–Trinajstić information content (AvgIpc) is 2.70. The molecule has 0 atom stereocenters. The van der Waals surface area contributed by atoms with Crippen LogP contribution in [-0.4, -0.2) is 21.1 Å². The van der Waals surface area contributed by atoms with Crippen LogP contribution in [-0.2, 0) is 0 Å². The van der Waals surface area contributed by atoms with E-state index in [2.05, 4.69) is 36.4 Å². The zero-order chi connectivity index (χ0) is 12.4. The molecule has 0 saturated heterocycles. The zero-order valence-electron chi connectivity index (χ0n) is 9.41. The lowest BCUT2D eigenvalue weighted by molar-refractivity contribution is 0.102. The van der Waals surface area contributed by atoms with E-state index in [9.17, 15) is 4.79 Å². The molecule has 0 aromatic carbocycles. The van der Waals surface area contributed by atoms with Crippen molar-refractivity contribution in [3.8, 4) is 0 Å². The fourth-order valence-electron chi connectivity index (χ4n) is 1.37. The van der Waals surface area contributed by atoms with Gasteiger partial charge >= 0.3 is 0 Å². The van der Waals surface area contributed by atoms with Crippen molar-refractivity contribution in [1.82, 2.24) is 15.2 Å². The first-order chi connectivity index (χ1) is 8.08. The third kappa shape index (κ3) is 2.52. The van der Waals surface area contributed by atoms with E-state index in [1.807, 2.05) is 6.92 Å². The predicted molar refractivity (Wildman–Crippen MR) is 68.0 cm³/mol. The highest BCUT2D eigenvalue weighted by atomic mass is 79.9. The summed E-state index contributed by atoms with van der Waals surface area (Å²) in [5.41, 5.74) is 2.27. The average molecular weight is 295 g/mol. The molecule has 0 aliphatic carbocycles. The Labute approximate surface area is 107 Å². The number of aromatic nitrogens is 3. The molecular formula is C11H11BrN4O. The summed E-state index contributed by atoms with van der Waals surface area (Å²) in [6, 6.07) is 1.80. The van der Waals surface area contributed by atoms with Crippen molar-refractivity contribution in [2.45, 2.75) is 13.8 Å². The van der Waals surface area contributed by atoms with Crippen molar-refractivity contribution in [3.63, 3.8) is 0 Å². The van der Waals surface area contributed by atoms with Crippen LogP contribution in [0.3, 0.4) is 0 Å². The van der Waals surface area contributed by atoms with Crippen LogP contribution >= 0.6 is 15.9 Å². The van der Waals surface area contributed by atoms with Crippen molar-refractivity contribution >= 4 is 27.7 Å². The normalized spacial score (nSPS) is 10.3. The molecule has 1 amide bonds. The van der Waals surface area contributed by atoms with Crippen LogP contribution < -0.4 is 5.32 Å².